The average molecular weight is 299 g/mol. The molecular formula is C15H13ClN5+. The molecule has 1 aromatic carbocycles. The van der Waals surface area contributed by atoms with Gasteiger partial charge in [-0.1, -0.05) is 12.1 Å². The molecule has 3 heterocycles. The molecule has 0 amide bonds. The van der Waals surface area contributed by atoms with Gasteiger partial charge in [0.15, 0.2) is 23.3 Å². The lowest BCUT2D eigenvalue weighted by atomic mass is 10.3. The van der Waals surface area contributed by atoms with Gasteiger partial charge in [0.25, 0.3) is 0 Å². The van der Waals surface area contributed by atoms with E-state index in [-0.39, 0.29) is 0 Å². The Kier molecular flexibility index (Phi) is 2.86. The van der Waals surface area contributed by atoms with E-state index >= 15 is 0 Å². The van der Waals surface area contributed by atoms with Gasteiger partial charge < -0.3 is 0 Å². The number of hydrogen-bond acceptors (Lipinski definition) is 2. The summed E-state index contributed by atoms with van der Waals surface area (Å²) in [5.74, 6) is 1.18. The van der Waals surface area contributed by atoms with Crippen molar-refractivity contribution in [3.05, 3.63) is 54.7 Å². The van der Waals surface area contributed by atoms with E-state index in [2.05, 4.69) is 31.7 Å². The highest BCUT2D eigenvalue weighted by Crippen LogP contribution is 2.15. The van der Waals surface area contributed by atoms with Gasteiger partial charge in [0, 0.05) is 6.20 Å². The SMILES string of the molecule is ClCc1nc2cccnc2n1C[n+]1c[nH]c2ccccc21. The predicted molar refractivity (Wildman–Crippen MR) is 81.0 cm³/mol. The van der Waals surface area contributed by atoms with Crippen LogP contribution in [0, 0.1) is 0 Å². The van der Waals surface area contributed by atoms with Crippen molar-refractivity contribution in [3.63, 3.8) is 0 Å². The lowest BCUT2D eigenvalue weighted by Gasteiger charge is -2.04. The highest BCUT2D eigenvalue weighted by Gasteiger charge is 2.15. The van der Waals surface area contributed by atoms with Gasteiger partial charge in [-0.25, -0.2) is 19.5 Å². The number of imidazole rings is 2. The number of hydrogen-bond donors (Lipinski definition) is 1. The van der Waals surface area contributed by atoms with Crippen molar-refractivity contribution in [2.24, 2.45) is 0 Å². The van der Waals surface area contributed by atoms with Crippen molar-refractivity contribution in [1.82, 2.24) is 19.5 Å². The van der Waals surface area contributed by atoms with E-state index in [0.29, 0.717) is 12.5 Å². The molecule has 0 unspecified atom stereocenters. The third kappa shape index (κ3) is 1.97. The summed E-state index contributed by atoms with van der Waals surface area (Å²) in [7, 11) is 0. The van der Waals surface area contributed by atoms with Gasteiger partial charge in [-0.2, -0.15) is 0 Å². The zero-order chi connectivity index (χ0) is 14.2. The molecule has 4 rings (SSSR count). The van der Waals surface area contributed by atoms with E-state index in [1.807, 2.05) is 35.2 Å². The molecule has 4 aromatic rings. The molecule has 21 heavy (non-hydrogen) atoms. The van der Waals surface area contributed by atoms with E-state index in [9.17, 15) is 0 Å². The van der Waals surface area contributed by atoms with Crippen LogP contribution < -0.4 is 4.57 Å². The first-order chi connectivity index (χ1) is 10.4. The van der Waals surface area contributed by atoms with Crippen molar-refractivity contribution in [1.29, 1.82) is 0 Å². The van der Waals surface area contributed by atoms with E-state index in [0.717, 1.165) is 28.0 Å². The van der Waals surface area contributed by atoms with E-state index in [1.165, 1.54) is 0 Å². The molecule has 6 heteroatoms. The predicted octanol–water partition coefficient (Wildman–Crippen LogP) is 2.44. The normalized spacial score (nSPS) is 11.5. The summed E-state index contributed by atoms with van der Waals surface area (Å²) in [6.45, 7) is 0.625. The number of benzene rings is 1. The van der Waals surface area contributed by atoms with Crippen LogP contribution in [0.5, 0.6) is 0 Å². The van der Waals surface area contributed by atoms with Gasteiger partial charge in [0.1, 0.15) is 11.3 Å². The molecule has 0 fully saturated rings. The Bertz CT molecular complexity index is 924. The number of nitrogens with one attached hydrogen (secondary N) is 1. The van der Waals surface area contributed by atoms with Crippen molar-refractivity contribution in [2.75, 3.05) is 0 Å². The molecule has 0 aliphatic carbocycles. The fourth-order valence-electron chi connectivity index (χ4n) is 2.59. The zero-order valence-corrected chi connectivity index (χ0v) is 12.0. The van der Waals surface area contributed by atoms with Crippen LogP contribution in [0.25, 0.3) is 22.2 Å². The molecule has 104 valence electrons. The molecule has 5 nitrogen and oxygen atoms in total. The Morgan fingerprint density at radius 3 is 3.00 bits per heavy atom. The second-order valence-corrected chi connectivity index (χ2v) is 5.10. The first kappa shape index (κ1) is 12.3. The van der Waals surface area contributed by atoms with Crippen LogP contribution in [-0.4, -0.2) is 19.5 Å². The summed E-state index contributed by atoms with van der Waals surface area (Å²) in [6.07, 6.45) is 3.73. The first-order valence-corrected chi connectivity index (χ1v) is 7.22. The maximum atomic E-state index is 6.03. The Labute approximate surface area is 125 Å². The topological polar surface area (TPSA) is 50.4 Å². The van der Waals surface area contributed by atoms with Crippen LogP contribution in [0.3, 0.4) is 0 Å². The minimum atomic E-state index is 0.360. The van der Waals surface area contributed by atoms with Crippen LogP contribution in [0.2, 0.25) is 0 Å². The second-order valence-electron chi connectivity index (χ2n) is 4.84. The number of H-pyrrole nitrogens is 1. The molecule has 0 saturated heterocycles. The highest BCUT2D eigenvalue weighted by molar-refractivity contribution is 6.16. The van der Waals surface area contributed by atoms with Crippen LogP contribution in [-0.2, 0) is 12.5 Å². The number of pyridine rings is 1. The third-order valence-electron chi connectivity index (χ3n) is 3.59. The first-order valence-electron chi connectivity index (χ1n) is 6.68. The number of fused-ring (bicyclic) bond motifs is 2. The fraction of sp³-hybridized carbons (Fsp3) is 0.133. The minimum absolute atomic E-state index is 0.360. The van der Waals surface area contributed by atoms with Crippen LogP contribution in [0.1, 0.15) is 5.82 Å². The van der Waals surface area contributed by atoms with Gasteiger partial charge in [-0.3, -0.25) is 4.57 Å². The van der Waals surface area contributed by atoms with Gasteiger partial charge >= 0.3 is 0 Å². The van der Waals surface area contributed by atoms with Crippen molar-refractivity contribution < 1.29 is 4.57 Å². The Morgan fingerprint density at radius 1 is 1.19 bits per heavy atom. The van der Waals surface area contributed by atoms with Gasteiger partial charge in [-0.05, 0) is 24.3 Å². The number of nitrogens with zero attached hydrogens (tertiary/aromatic N) is 4. The summed E-state index contributed by atoms with van der Waals surface area (Å²) in [6, 6.07) is 12.0. The van der Waals surface area contributed by atoms with Crippen LogP contribution >= 0.6 is 11.6 Å². The van der Waals surface area contributed by atoms with Crippen molar-refractivity contribution >= 4 is 33.8 Å². The minimum Gasteiger partial charge on any atom is -0.273 e. The van der Waals surface area contributed by atoms with E-state index in [4.69, 9.17) is 11.6 Å². The molecule has 1 N–H and O–H groups in total. The number of aromatic nitrogens is 5. The molecule has 0 radical (unpaired) electrons. The van der Waals surface area contributed by atoms with Crippen molar-refractivity contribution in [2.45, 2.75) is 12.5 Å². The molecule has 0 aliphatic heterocycles. The standard InChI is InChI=1S/C15H12ClN5/c16-8-14-19-12-5-3-7-17-15(12)21(14)10-20-9-18-11-4-1-2-6-13(11)20/h1-7,9H,8,10H2/p+1. The third-order valence-corrected chi connectivity index (χ3v) is 3.82. The Balaban J connectivity index is 1.87. The molecule has 0 spiro atoms. The molecule has 3 aromatic heterocycles. The van der Waals surface area contributed by atoms with Gasteiger partial charge in [0.2, 0.25) is 6.33 Å². The number of rotatable bonds is 3. The Hall–Kier alpha value is -2.40. The lowest BCUT2D eigenvalue weighted by molar-refractivity contribution is -0.675. The summed E-state index contributed by atoms with van der Waals surface area (Å²) >= 11 is 6.03. The maximum Gasteiger partial charge on any atom is 0.244 e. The number of aromatic amines is 1. The largest absolute Gasteiger partial charge is 0.273 e. The average Bonchev–Trinajstić information content (AvgIpc) is 3.10. The van der Waals surface area contributed by atoms with Crippen LogP contribution in [0.15, 0.2) is 48.9 Å². The molecular weight excluding hydrogens is 286 g/mol. The second kappa shape index (κ2) is 4.86. The number of para-hydroxylation sites is 2. The highest BCUT2D eigenvalue weighted by atomic mass is 35.5. The smallest absolute Gasteiger partial charge is 0.244 e. The molecule has 0 saturated carbocycles. The summed E-state index contributed by atoms with van der Waals surface area (Å²) in [5, 5.41) is 0. The summed E-state index contributed by atoms with van der Waals surface area (Å²) < 4.78 is 4.17. The van der Waals surface area contributed by atoms with Gasteiger partial charge in [-0.15, -0.1) is 11.6 Å². The molecule has 0 aliphatic rings. The van der Waals surface area contributed by atoms with Gasteiger partial charge in [0.05, 0.1) is 5.88 Å². The molecule has 0 bridgehead atoms. The lowest BCUT2D eigenvalue weighted by Crippen LogP contribution is -2.36. The quantitative estimate of drug-likeness (QED) is 0.466. The van der Waals surface area contributed by atoms with E-state index < -0.39 is 0 Å². The fourth-order valence-corrected chi connectivity index (χ4v) is 2.79. The van der Waals surface area contributed by atoms with Crippen LogP contribution in [0.4, 0.5) is 0 Å². The summed E-state index contributed by atoms with van der Waals surface area (Å²) in [4.78, 5) is 12.2. The maximum absolute atomic E-state index is 6.03. The number of halogens is 1. The number of alkyl halides is 1. The Morgan fingerprint density at radius 2 is 2.10 bits per heavy atom. The summed E-state index contributed by atoms with van der Waals surface area (Å²) in [5.41, 5.74) is 3.96. The zero-order valence-electron chi connectivity index (χ0n) is 11.2. The van der Waals surface area contributed by atoms with E-state index in [1.54, 1.807) is 6.20 Å². The van der Waals surface area contributed by atoms with Crippen molar-refractivity contribution in [3.8, 4) is 0 Å². The monoisotopic (exact) mass is 298 g/mol. The molecule has 0 atom stereocenters.